The molecule has 0 unspecified atom stereocenters. The Morgan fingerprint density at radius 2 is 1.59 bits per heavy atom. The third-order valence-corrected chi connectivity index (χ3v) is 4.72. The number of nitrogens with one attached hydrogen (secondary N) is 2. The van der Waals surface area contributed by atoms with Crippen LogP contribution in [0.3, 0.4) is 0 Å². The van der Waals surface area contributed by atoms with Crippen LogP contribution in [0.4, 0.5) is 11.4 Å². The van der Waals surface area contributed by atoms with Crippen molar-refractivity contribution >= 4 is 34.8 Å². The molecular weight excluding hydrogens is 388 g/mol. The number of halogens is 1. The first kappa shape index (κ1) is 20.4. The van der Waals surface area contributed by atoms with Crippen molar-refractivity contribution in [2.75, 3.05) is 17.2 Å². The molecule has 0 aliphatic heterocycles. The van der Waals surface area contributed by atoms with Gasteiger partial charge in [-0.2, -0.15) is 0 Å². The smallest absolute Gasteiger partial charge is 0.262 e. The highest BCUT2D eigenvalue weighted by Crippen LogP contribution is 2.19. The fraction of sp³-hybridized carbons (Fsp3) is 0.130. The number of hydrogen-bond acceptors (Lipinski definition) is 3. The molecule has 0 aliphatic carbocycles. The predicted octanol–water partition coefficient (Wildman–Crippen LogP) is 5.23. The lowest BCUT2D eigenvalue weighted by Gasteiger charge is -2.11. The summed E-state index contributed by atoms with van der Waals surface area (Å²) in [5.41, 5.74) is 4.04. The average molecular weight is 409 g/mol. The van der Waals surface area contributed by atoms with E-state index in [-0.39, 0.29) is 18.4 Å². The number of carbonyl (C=O) groups excluding carboxylic acids is 2. The molecule has 6 heteroatoms. The molecule has 0 heterocycles. The first-order chi connectivity index (χ1) is 13.9. The van der Waals surface area contributed by atoms with Gasteiger partial charge in [0, 0.05) is 22.0 Å². The maximum Gasteiger partial charge on any atom is 0.262 e. The van der Waals surface area contributed by atoms with Gasteiger partial charge >= 0.3 is 0 Å². The number of benzene rings is 3. The molecule has 2 N–H and O–H groups in total. The zero-order valence-corrected chi connectivity index (χ0v) is 16.9. The number of rotatable bonds is 6. The Balaban J connectivity index is 1.53. The van der Waals surface area contributed by atoms with Gasteiger partial charge in [0.2, 0.25) is 0 Å². The quantitative estimate of drug-likeness (QED) is 0.587. The van der Waals surface area contributed by atoms with Gasteiger partial charge < -0.3 is 15.4 Å². The monoisotopic (exact) mass is 408 g/mol. The normalized spacial score (nSPS) is 10.3. The van der Waals surface area contributed by atoms with Crippen molar-refractivity contribution in [2.45, 2.75) is 13.8 Å². The van der Waals surface area contributed by atoms with E-state index in [0.717, 1.165) is 16.8 Å². The van der Waals surface area contributed by atoms with Crippen LogP contribution in [0.25, 0.3) is 0 Å². The molecule has 3 rings (SSSR count). The molecule has 148 valence electrons. The van der Waals surface area contributed by atoms with E-state index in [0.29, 0.717) is 22.0 Å². The van der Waals surface area contributed by atoms with E-state index in [1.165, 1.54) is 0 Å². The van der Waals surface area contributed by atoms with E-state index < -0.39 is 0 Å². The second-order valence-electron chi connectivity index (χ2n) is 6.57. The number of anilines is 2. The van der Waals surface area contributed by atoms with E-state index in [9.17, 15) is 9.59 Å². The molecule has 0 aliphatic rings. The Labute approximate surface area is 174 Å². The van der Waals surface area contributed by atoms with Crippen molar-refractivity contribution in [1.82, 2.24) is 0 Å². The third-order valence-electron chi connectivity index (χ3n) is 4.47. The van der Waals surface area contributed by atoms with Crippen LogP contribution >= 0.6 is 11.6 Å². The lowest BCUT2D eigenvalue weighted by Crippen LogP contribution is -2.20. The van der Waals surface area contributed by atoms with Crippen LogP contribution < -0.4 is 15.4 Å². The summed E-state index contributed by atoms with van der Waals surface area (Å²) >= 11 is 5.84. The molecule has 0 fully saturated rings. The highest BCUT2D eigenvalue weighted by molar-refractivity contribution is 6.30. The molecule has 0 spiro atoms. The van der Waals surface area contributed by atoms with Crippen LogP contribution in [0.2, 0.25) is 5.02 Å². The van der Waals surface area contributed by atoms with Crippen LogP contribution in [-0.4, -0.2) is 18.4 Å². The lowest BCUT2D eigenvalue weighted by molar-refractivity contribution is -0.118. The minimum absolute atomic E-state index is 0.121. The van der Waals surface area contributed by atoms with Gasteiger partial charge in [-0.3, -0.25) is 9.59 Å². The van der Waals surface area contributed by atoms with Gasteiger partial charge in [0.05, 0.1) is 0 Å². The standard InChI is InChI=1S/C23H21ClN2O3/c1-15-4-3-5-21(16(15)2)26-22(27)14-29-20-12-6-17(7-13-20)23(28)25-19-10-8-18(24)9-11-19/h3-13H,14H2,1-2H3,(H,25,28)(H,26,27). The van der Waals surface area contributed by atoms with E-state index in [1.807, 2.05) is 32.0 Å². The van der Waals surface area contributed by atoms with E-state index >= 15 is 0 Å². The van der Waals surface area contributed by atoms with Gasteiger partial charge in [0.15, 0.2) is 6.61 Å². The molecule has 3 aromatic rings. The second-order valence-corrected chi connectivity index (χ2v) is 7.01. The van der Waals surface area contributed by atoms with E-state index in [1.54, 1.807) is 48.5 Å². The maximum absolute atomic E-state index is 12.3. The Hall–Kier alpha value is -3.31. The summed E-state index contributed by atoms with van der Waals surface area (Å²) in [6.07, 6.45) is 0. The summed E-state index contributed by atoms with van der Waals surface area (Å²) in [5, 5.41) is 6.24. The Bertz CT molecular complexity index is 1020. The third kappa shape index (κ3) is 5.59. The lowest BCUT2D eigenvalue weighted by atomic mass is 10.1. The van der Waals surface area contributed by atoms with E-state index in [4.69, 9.17) is 16.3 Å². The molecule has 3 aromatic carbocycles. The van der Waals surface area contributed by atoms with Gasteiger partial charge in [-0.15, -0.1) is 0 Å². The van der Waals surface area contributed by atoms with Crippen molar-refractivity contribution in [3.05, 3.63) is 88.4 Å². The minimum Gasteiger partial charge on any atom is -0.484 e. The first-order valence-electron chi connectivity index (χ1n) is 9.08. The Morgan fingerprint density at radius 3 is 2.28 bits per heavy atom. The fourth-order valence-electron chi connectivity index (χ4n) is 2.66. The van der Waals surface area contributed by atoms with Gasteiger partial charge in [-0.1, -0.05) is 23.7 Å². The van der Waals surface area contributed by atoms with Crippen molar-refractivity contribution in [2.24, 2.45) is 0 Å². The number of amides is 2. The second kappa shape index (κ2) is 9.26. The van der Waals surface area contributed by atoms with Crippen molar-refractivity contribution in [1.29, 1.82) is 0 Å². The molecule has 2 amide bonds. The Kier molecular flexibility index (Phi) is 6.52. The topological polar surface area (TPSA) is 67.4 Å². The summed E-state index contributed by atoms with van der Waals surface area (Å²) in [4.78, 5) is 24.4. The van der Waals surface area contributed by atoms with Crippen molar-refractivity contribution < 1.29 is 14.3 Å². The number of hydrogen-bond donors (Lipinski definition) is 2. The largest absolute Gasteiger partial charge is 0.484 e. The summed E-state index contributed by atoms with van der Waals surface area (Å²) in [6.45, 7) is 3.83. The van der Waals surface area contributed by atoms with Crippen molar-refractivity contribution in [3.8, 4) is 5.75 Å². The summed E-state index contributed by atoms with van der Waals surface area (Å²) < 4.78 is 5.52. The molecule has 5 nitrogen and oxygen atoms in total. The zero-order valence-electron chi connectivity index (χ0n) is 16.2. The molecule has 0 radical (unpaired) electrons. The molecule has 0 atom stereocenters. The molecule has 29 heavy (non-hydrogen) atoms. The van der Waals surface area contributed by atoms with Gasteiger partial charge in [-0.25, -0.2) is 0 Å². The zero-order chi connectivity index (χ0) is 20.8. The summed E-state index contributed by atoms with van der Waals surface area (Å²) in [7, 11) is 0. The molecule has 0 aromatic heterocycles. The van der Waals surface area contributed by atoms with Crippen LogP contribution in [0.15, 0.2) is 66.7 Å². The molecule has 0 bridgehead atoms. The number of aryl methyl sites for hydroxylation is 1. The van der Waals surface area contributed by atoms with E-state index in [2.05, 4.69) is 10.6 Å². The Morgan fingerprint density at radius 1 is 0.897 bits per heavy atom. The molecule has 0 saturated heterocycles. The minimum atomic E-state index is -0.247. The van der Waals surface area contributed by atoms with Crippen LogP contribution in [0, 0.1) is 13.8 Å². The molecule has 0 saturated carbocycles. The average Bonchev–Trinajstić information content (AvgIpc) is 2.72. The fourth-order valence-corrected chi connectivity index (χ4v) is 2.79. The van der Waals surface area contributed by atoms with Crippen LogP contribution in [0.1, 0.15) is 21.5 Å². The molecular formula is C23H21ClN2O3. The summed E-state index contributed by atoms with van der Waals surface area (Å²) in [6, 6.07) is 19.2. The number of ether oxygens (including phenoxy) is 1. The van der Waals surface area contributed by atoms with Gasteiger partial charge in [0.1, 0.15) is 5.75 Å². The summed E-state index contributed by atoms with van der Waals surface area (Å²) in [5.74, 6) is 0.0129. The SMILES string of the molecule is Cc1cccc(NC(=O)COc2ccc(C(=O)Nc3ccc(Cl)cc3)cc2)c1C. The van der Waals surface area contributed by atoms with Crippen LogP contribution in [-0.2, 0) is 4.79 Å². The predicted molar refractivity (Wildman–Crippen MR) is 116 cm³/mol. The number of carbonyl (C=O) groups is 2. The van der Waals surface area contributed by atoms with Gasteiger partial charge in [-0.05, 0) is 79.6 Å². The van der Waals surface area contributed by atoms with Gasteiger partial charge in [0.25, 0.3) is 11.8 Å². The van der Waals surface area contributed by atoms with Crippen LogP contribution in [0.5, 0.6) is 5.75 Å². The highest BCUT2D eigenvalue weighted by Gasteiger charge is 2.09. The maximum atomic E-state index is 12.3. The van der Waals surface area contributed by atoms with Crippen molar-refractivity contribution in [3.63, 3.8) is 0 Å². The first-order valence-corrected chi connectivity index (χ1v) is 9.46. The highest BCUT2D eigenvalue weighted by atomic mass is 35.5.